The van der Waals surface area contributed by atoms with Gasteiger partial charge in [0.1, 0.15) is 5.02 Å². The topological polar surface area (TPSA) is 81.6 Å². The first-order chi connectivity index (χ1) is 13.0. The highest BCUT2D eigenvalue weighted by atomic mass is 35.5. The quantitative estimate of drug-likeness (QED) is 0.729. The van der Waals surface area contributed by atoms with Gasteiger partial charge in [-0.05, 0) is 29.3 Å². The smallest absolute Gasteiger partial charge is 0.318 e. The van der Waals surface area contributed by atoms with Gasteiger partial charge in [0.05, 0.1) is 18.8 Å². The number of carbonyl (C=O) groups excluding carboxylic acids is 1. The van der Waals surface area contributed by atoms with E-state index < -0.39 is 6.04 Å². The summed E-state index contributed by atoms with van der Waals surface area (Å²) in [6, 6.07) is 6.28. The maximum atomic E-state index is 12.6. The third-order valence-corrected chi connectivity index (χ3v) is 4.98. The van der Waals surface area contributed by atoms with Gasteiger partial charge < -0.3 is 20.2 Å². The number of aliphatic hydroxyl groups excluding tert-OH is 1. The molecule has 0 bridgehead atoms. The maximum Gasteiger partial charge on any atom is 0.318 e. The third kappa shape index (κ3) is 4.93. The van der Waals surface area contributed by atoms with Crippen LogP contribution < -0.4 is 10.2 Å². The number of hydrogen-bond donors (Lipinski definition) is 2. The number of piperazine rings is 1. The molecule has 1 aromatic heterocycles. The second kappa shape index (κ2) is 8.93. The zero-order chi connectivity index (χ0) is 19.4. The van der Waals surface area contributed by atoms with Gasteiger partial charge in [0.2, 0.25) is 5.28 Å². The number of benzene rings is 1. The second-order valence-corrected chi connectivity index (χ2v) is 7.21. The molecule has 10 heteroatoms. The first kappa shape index (κ1) is 19.9. The number of hydrogen-bond acceptors (Lipinski definition) is 5. The summed E-state index contributed by atoms with van der Waals surface area (Å²) in [5, 5.41) is 13.6. The third-order valence-electron chi connectivity index (χ3n) is 4.29. The molecule has 1 saturated heterocycles. The lowest BCUT2D eigenvalue weighted by Crippen LogP contribution is -2.52. The van der Waals surface area contributed by atoms with Crippen LogP contribution in [-0.2, 0) is 0 Å². The summed E-state index contributed by atoms with van der Waals surface area (Å²) in [7, 11) is 0. The Morgan fingerprint density at radius 3 is 2.63 bits per heavy atom. The number of amides is 2. The monoisotopic (exact) mass is 429 g/mol. The van der Waals surface area contributed by atoms with Crippen molar-refractivity contribution in [3.63, 3.8) is 0 Å². The molecule has 0 saturated carbocycles. The number of urea groups is 1. The van der Waals surface area contributed by atoms with Crippen LogP contribution in [0.15, 0.2) is 30.5 Å². The number of halogens is 3. The van der Waals surface area contributed by atoms with E-state index in [-0.39, 0.29) is 17.9 Å². The van der Waals surface area contributed by atoms with Crippen LogP contribution in [0.25, 0.3) is 0 Å². The van der Waals surface area contributed by atoms with Gasteiger partial charge in [0.25, 0.3) is 0 Å². The van der Waals surface area contributed by atoms with Gasteiger partial charge in [0, 0.05) is 31.2 Å². The number of rotatable bonds is 4. The van der Waals surface area contributed by atoms with Crippen LogP contribution in [0.1, 0.15) is 11.6 Å². The highest BCUT2D eigenvalue weighted by Crippen LogP contribution is 2.25. The van der Waals surface area contributed by atoms with Crippen molar-refractivity contribution in [3.8, 4) is 0 Å². The van der Waals surface area contributed by atoms with Crippen LogP contribution in [0.2, 0.25) is 15.3 Å². The minimum absolute atomic E-state index is 0.127. The van der Waals surface area contributed by atoms with Crippen molar-refractivity contribution in [2.45, 2.75) is 6.04 Å². The molecule has 2 amide bonds. The summed E-state index contributed by atoms with van der Waals surface area (Å²) in [6.07, 6.45) is 1.46. The van der Waals surface area contributed by atoms with Crippen LogP contribution in [-0.4, -0.2) is 58.8 Å². The molecule has 2 N–H and O–H groups in total. The molecule has 1 fully saturated rings. The Balaban J connectivity index is 1.60. The van der Waals surface area contributed by atoms with E-state index in [1.165, 1.54) is 6.20 Å². The van der Waals surface area contributed by atoms with E-state index in [0.29, 0.717) is 42.0 Å². The summed E-state index contributed by atoms with van der Waals surface area (Å²) in [5.74, 6) is 0.559. The van der Waals surface area contributed by atoms with Gasteiger partial charge in [-0.25, -0.2) is 9.78 Å². The number of aliphatic hydroxyl groups is 1. The standard InChI is InChI=1S/C17H18Cl3N5O2/c18-12-3-1-2-11(8-12)14(10-26)22-17(27)25-6-4-24(5-7-25)15-13(19)9-21-16(20)23-15/h1-3,8-9,14,26H,4-7,10H2,(H,22,27)/t14-/m1/s1. The second-order valence-electron chi connectivity index (χ2n) is 6.02. The minimum atomic E-state index is -0.524. The Labute approximate surface area is 171 Å². The molecule has 144 valence electrons. The van der Waals surface area contributed by atoms with Crippen molar-refractivity contribution in [2.75, 3.05) is 37.7 Å². The van der Waals surface area contributed by atoms with E-state index in [0.717, 1.165) is 5.56 Å². The highest BCUT2D eigenvalue weighted by molar-refractivity contribution is 6.33. The van der Waals surface area contributed by atoms with Crippen molar-refractivity contribution in [2.24, 2.45) is 0 Å². The van der Waals surface area contributed by atoms with Gasteiger partial charge in [-0.15, -0.1) is 0 Å². The van der Waals surface area contributed by atoms with Crippen LogP contribution in [0, 0.1) is 0 Å². The van der Waals surface area contributed by atoms with Crippen molar-refractivity contribution >= 4 is 46.7 Å². The van der Waals surface area contributed by atoms with E-state index >= 15 is 0 Å². The van der Waals surface area contributed by atoms with E-state index in [1.54, 1.807) is 23.1 Å². The van der Waals surface area contributed by atoms with Crippen molar-refractivity contribution in [1.29, 1.82) is 0 Å². The Kier molecular flexibility index (Phi) is 6.59. The zero-order valence-electron chi connectivity index (χ0n) is 14.3. The molecule has 2 aromatic rings. The lowest BCUT2D eigenvalue weighted by atomic mass is 10.1. The molecule has 7 nitrogen and oxygen atoms in total. The molecule has 0 unspecified atom stereocenters. The van der Waals surface area contributed by atoms with Crippen LogP contribution in [0.3, 0.4) is 0 Å². The molecule has 0 aliphatic carbocycles. The maximum absolute atomic E-state index is 12.6. The van der Waals surface area contributed by atoms with Crippen LogP contribution >= 0.6 is 34.8 Å². The van der Waals surface area contributed by atoms with Crippen LogP contribution in [0.5, 0.6) is 0 Å². The van der Waals surface area contributed by atoms with Gasteiger partial charge >= 0.3 is 6.03 Å². The number of nitrogens with zero attached hydrogens (tertiary/aromatic N) is 4. The average molecular weight is 431 g/mol. The molecule has 1 atom stereocenters. The molecule has 3 rings (SSSR count). The number of nitrogens with one attached hydrogen (secondary N) is 1. The Hall–Kier alpha value is -1.80. The van der Waals surface area contributed by atoms with Crippen molar-refractivity contribution in [3.05, 3.63) is 51.4 Å². The predicted octanol–water partition coefficient (Wildman–Crippen LogP) is 3.00. The van der Waals surface area contributed by atoms with Crippen molar-refractivity contribution in [1.82, 2.24) is 20.2 Å². The molecule has 1 aliphatic heterocycles. The van der Waals surface area contributed by atoms with E-state index in [2.05, 4.69) is 15.3 Å². The fourth-order valence-corrected chi connectivity index (χ4v) is 3.42. The Morgan fingerprint density at radius 1 is 1.22 bits per heavy atom. The zero-order valence-corrected chi connectivity index (χ0v) is 16.5. The lowest BCUT2D eigenvalue weighted by molar-refractivity contribution is 0.179. The minimum Gasteiger partial charge on any atom is -0.394 e. The molecular formula is C17H18Cl3N5O2. The van der Waals surface area contributed by atoms with Crippen molar-refractivity contribution < 1.29 is 9.90 Å². The first-order valence-electron chi connectivity index (χ1n) is 8.32. The largest absolute Gasteiger partial charge is 0.394 e. The normalized spacial score (nSPS) is 15.6. The van der Waals surface area contributed by atoms with E-state index in [1.807, 2.05) is 11.0 Å². The average Bonchev–Trinajstić information content (AvgIpc) is 2.68. The highest BCUT2D eigenvalue weighted by Gasteiger charge is 2.25. The summed E-state index contributed by atoms with van der Waals surface area (Å²) < 4.78 is 0. The number of aromatic nitrogens is 2. The predicted molar refractivity (Wildman–Crippen MR) is 106 cm³/mol. The molecule has 0 spiro atoms. The fourth-order valence-electron chi connectivity index (χ4n) is 2.88. The molecule has 1 aliphatic rings. The molecule has 0 radical (unpaired) electrons. The van der Waals surface area contributed by atoms with E-state index in [4.69, 9.17) is 34.8 Å². The lowest BCUT2D eigenvalue weighted by Gasteiger charge is -2.36. The summed E-state index contributed by atoms with van der Waals surface area (Å²) in [5.41, 5.74) is 0.749. The molecule has 1 aromatic carbocycles. The first-order valence-corrected chi connectivity index (χ1v) is 9.46. The summed E-state index contributed by atoms with van der Waals surface area (Å²) in [4.78, 5) is 24.2. The number of anilines is 1. The Bertz CT molecular complexity index is 815. The number of carbonyl (C=O) groups is 1. The van der Waals surface area contributed by atoms with E-state index in [9.17, 15) is 9.90 Å². The molecule has 27 heavy (non-hydrogen) atoms. The molecular weight excluding hydrogens is 413 g/mol. The SMILES string of the molecule is O=C(N[C@H](CO)c1cccc(Cl)c1)N1CCN(c2nc(Cl)ncc2Cl)CC1. The van der Waals surface area contributed by atoms with Gasteiger partial charge in [-0.1, -0.05) is 35.3 Å². The van der Waals surface area contributed by atoms with Gasteiger partial charge in [-0.2, -0.15) is 4.98 Å². The Morgan fingerprint density at radius 2 is 1.96 bits per heavy atom. The summed E-state index contributed by atoms with van der Waals surface area (Å²) in [6.45, 7) is 1.86. The molecule has 2 heterocycles. The van der Waals surface area contributed by atoms with Gasteiger partial charge in [-0.3, -0.25) is 0 Å². The van der Waals surface area contributed by atoms with Crippen LogP contribution in [0.4, 0.5) is 10.6 Å². The fraction of sp³-hybridized carbons (Fsp3) is 0.353. The summed E-state index contributed by atoms with van der Waals surface area (Å²) >= 11 is 18.0. The van der Waals surface area contributed by atoms with Gasteiger partial charge in [0.15, 0.2) is 5.82 Å².